The highest BCUT2D eigenvalue weighted by Crippen LogP contribution is 2.38. The molecule has 1 heterocycles. The first-order chi connectivity index (χ1) is 8.24. The molecule has 0 amide bonds. The Balaban J connectivity index is 2.24. The minimum absolute atomic E-state index is 0.200. The van der Waals surface area contributed by atoms with E-state index in [4.69, 9.17) is 4.74 Å². The Morgan fingerprint density at radius 1 is 0.882 bits per heavy atom. The standard InChI is InChI=1S/C14H12O3/c15-10-1-3-12-9(7-10)5-6-17-14-8-11(16)2-4-13(12)14/h1-4,7-8,15-16H,5-6H2. The van der Waals surface area contributed by atoms with Crippen LogP contribution in [0.3, 0.4) is 0 Å². The predicted octanol–water partition coefficient (Wildman–Crippen LogP) is 2.70. The molecule has 3 nitrogen and oxygen atoms in total. The summed E-state index contributed by atoms with van der Waals surface area (Å²) in [7, 11) is 0. The first-order valence-electron chi connectivity index (χ1n) is 5.52. The molecule has 1 aliphatic heterocycles. The van der Waals surface area contributed by atoms with E-state index in [1.54, 1.807) is 24.3 Å². The summed E-state index contributed by atoms with van der Waals surface area (Å²) in [5.74, 6) is 1.16. The van der Waals surface area contributed by atoms with Gasteiger partial charge in [-0.25, -0.2) is 0 Å². The molecule has 2 aromatic carbocycles. The molecule has 0 atom stereocenters. The topological polar surface area (TPSA) is 49.7 Å². The van der Waals surface area contributed by atoms with E-state index < -0.39 is 0 Å². The number of phenolic OH excluding ortho intramolecular Hbond substituents is 2. The van der Waals surface area contributed by atoms with Gasteiger partial charge in [-0.3, -0.25) is 0 Å². The second kappa shape index (κ2) is 3.70. The molecule has 0 bridgehead atoms. The molecule has 17 heavy (non-hydrogen) atoms. The molecule has 0 saturated carbocycles. The van der Waals surface area contributed by atoms with Crippen molar-refractivity contribution in [3.05, 3.63) is 42.0 Å². The second-order valence-electron chi connectivity index (χ2n) is 4.12. The minimum atomic E-state index is 0.200. The van der Waals surface area contributed by atoms with Gasteiger partial charge in [0.15, 0.2) is 0 Å². The molecule has 0 fully saturated rings. The lowest BCUT2D eigenvalue weighted by atomic mass is 9.98. The van der Waals surface area contributed by atoms with Gasteiger partial charge in [-0.05, 0) is 35.4 Å². The average Bonchev–Trinajstić information content (AvgIpc) is 2.47. The fourth-order valence-corrected chi connectivity index (χ4v) is 2.17. The molecule has 0 spiro atoms. The maximum absolute atomic E-state index is 9.49. The van der Waals surface area contributed by atoms with Crippen LogP contribution >= 0.6 is 0 Å². The normalized spacial score (nSPS) is 13.2. The zero-order valence-electron chi connectivity index (χ0n) is 9.18. The zero-order chi connectivity index (χ0) is 11.8. The summed E-state index contributed by atoms with van der Waals surface area (Å²) in [6.45, 7) is 0.549. The maximum Gasteiger partial charge on any atom is 0.130 e. The number of rotatable bonds is 0. The summed E-state index contributed by atoms with van der Waals surface area (Å²) >= 11 is 0. The number of benzene rings is 2. The van der Waals surface area contributed by atoms with Gasteiger partial charge in [0, 0.05) is 18.1 Å². The van der Waals surface area contributed by atoms with Gasteiger partial charge in [0.25, 0.3) is 0 Å². The first-order valence-corrected chi connectivity index (χ1v) is 5.52. The average molecular weight is 228 g/mol. The van der Waals surface area contributed by atoms with E-state index in [2.05, 4.69) is 0 Å². The molecular weight excluding hydrogens is 216 g/mol. The Morgan fingerprint density at radius 2 is 1.59 bits per heavy atom. The largest absolute Gasteiger partial charge is 0.508 e. The Labute approximate surface area is 98.9 Å². The Bertz CT molecular complexity index is 524. The quantitative estimate of drug-likeness (QED) is 0.728. The monoisotopic (exact) mass is 228 g/mol. The molecular formula is C14H12O3. The predicted molar refractivity (Wildman–Crippen MR) is 64.4 cm³/mol. The fraction of sp³-hybridized carbons (Fsp3) is 0.143. The van der Waals surface area contributed by atoms with Crippen molar-refractivity contribution in [2.24, 2.45) is 0 Å². The summed E-state index contributed by atoms with van der Waals surface area (Å²) in [6.07, 6.45) is 0.749. The fourth-order valence-electron chi connectivity index (χ4n) is 2.17. The molecule has 0 aliphatic carbocycles. The Kier molecular flexibility index (Phi) is 2.18. The van der Waals surface area contributed by atoms with Gasteiger partial charge in [-0.2, -0.15) is 0 Å². The van der Waals surface area contributed by atoms with Crippen molar-refractivity contribution in [1.82, 2.24) is 0 Å². The summed E-state index contributed by atoms with van der Waals surface area (Å²) in [5.41, 5.74) is 3.07. The highest BCUT2D eigenvalue weighted by molar-refractivity contribution is 5.75. The highest BCUT2D eigenvalue weighted by Gasteiger charge is 2.16. The molecule has 0 saturated heterocycles. The van der Waals surface area contributed by atoms with Crippen LogP contribution in [0, 0.1) is 0 Å². The van der Waals surface area contributed by atoms with Gasteiger partial charge < -0.3 is 14.9 Å². The molecule has 1 aliphatic rings. The van der Waals surface area contributed by atoms with E-state index in [1.807, 2.05) is 12.1 Å². The van der Waals surface area contributed by atoms with Gasteiger partial charge in [0.05, 0.1) is 6.61 Å². The van der Waals surface area contributed by atoms with Crippen LogP contribution in [0.1, 0.15) is 5.56 Å². The molecule has 3 heteroatoms. The SMILES string of the molecule is Oc1ccc2c(c1)CCOc1cc(O)ccc1-2. The Hall–Kier alpha value is -2.16. The van der Waals surface area contributed by atoms with Crippen LogP contribution in [-0.4, -0.2) is 16.8 Å². The summed E-state index contributed by atoms with van der Waals surface area (Å²) < 4.78 is 5.61. The third kappa shape index (κ3) is 1.69. The van der Waals surface area contributed by atoms with E-state index in [0.717, 1.165) is 23.1 Å². The van der Waals surface area contributed by atoms with Crippen molar-refractivity contribution in [1.29, 1.82) is 0 Å². The molecule has 3 rings (SSSR count). The summed E-state index contributed by atoms with van der Waals surface area (Å²) in [5, 5.41) is 18.9. The first kappa shape index (κ1) is 10.0. The second-order valence-corrected chi connectivity index (χ2v) is 4.12. The summed E-state index contributed by atoms with van der Waals surface area (Å²) in [4.78, 5) is 0. The van der Waals surface area contributed by atoms with Crippen molar-refractivity contribution in [2.45, 2.75) is 6.42 Å². The van der Waals surface area contributed by atoms with Crippen LogP contribution in [0.5, 0.6) is 17.2 Å². The third-order valence-corrected chi connectivity index (χ3v) is 2.97. The van der Waals surface area contributed by atoms with Crippen LogP contribution in [0.4, 0.5) is 0 Å². The van der Waals surface area contributed by atoms with Crippen molar-refractivity contribution in [2.75, 3.05) is 6.61 Å². The molecule has 2 aromatic rings. The van der Waals surface area contributed by atoms with Gasteiger partial charge in [0.1, 0.15) is 17.2 Å². The third-order valence-electron chi connectivity index (χ3n) is 2.97. The van der Waals surface area contributed by atoms with Crippen LogP contribution in [-0.2, 0) is 6.42 Å². The number of aromatic hydroxyl groups is 2. The van der Waals surface area contributed by atoms with Crippen LogP contribution in [0.15, 0.2) is 36.4 Å². The van der Waals surface area contributed by atoms with E-state index in [0.29, 0.717) is 12.4 Å². The smallest absolute Gasteiger partial charge is 0.130 e. The van der Waals surface area contributed by atoms with Crippen LogP contribution in [0.2, 0.25) is 0 Å². The van der Waals surface area contributed by atoms with Crippen molar-refractivity contribution < 1.29 is 14.9 Å². The van der Waals surface area contributed by atoms with Crippen molar-refractivity contribution in [3.8, 4) is 28.4 Å². The lowest BCUT2D eigenvalue weighted by molar-refractivity contribution is 0.324. The number of phenols is 2. The van der Waals surface area contributed by atoms with Crippen molar-refractivity contribution in [3.63, 3.8) is 0 Å². The van der Waals surface area contributed by atoms with Crippen LogP contribution < -0.4 is 4.74 Å². The molecule has 86 valence electrons. The number of hydrogen-bond acceptors (Lipinski definition) is 3. The van der Waals surface area contributed by atoms with Gasteiger partial charge in [-0.1, -0.05) is 6.07 Å². The lowest BCUT2D eigenvalue weighted by Gasteiger charge is -2.09. The number of hydrogen-bond donors (Lipinski definition) is 2. The van der Waals surface area contributed by atoms with E-state index in [9.17, 15) is 10.2 Å². The minimum Gasteiger partial charge on any atom is -0.508 e. The molecule has 0 radical (unpaired) electrons. The van der Waals surface area contributed by atoms with Crippen LogP contribution in [0.25, 0.3) is 11.1 Å². The zero-order valence-corrected chi connectivity index (χ0v) is 9.18. The van der Waals surface area contributed by atoms with E-state index in [1.165, 1.54) is 0 Å². The van der Waals surface area contributed by atoms with Crippen molar-refractivity contribution >= 4 is 0 Å². The maximum atomic E-state index is 9.49. The van der Waals surface area contributed by atoms with Gasteiger partial charge in [0.2, 0.25) is 0 Å². The van der Waals surface area contributed by atoms with Gasteiger partial charge in [-0.15, -0.1) is 0 Å². The molecule has 2 N–H and O–H groups in total. The summed E-state index contributed by atoms with van der Waals surface area (Å²) in [6, 6.07) is 10.4. The number of ether oxygens (including phenoxy) is 1. The van der Waals surface area contributed by atoms with E-state index >= 15 is 0 Å². The highest BCUT2D eigenvalue weighted by atomic mass is 16.5. The Morgan fingerprint density at radius 3 is 2.41 bits per heavy atom. The van der Waals surface area contributed by atoms with E-state index in [-0.39, 0.29) is 11.5 Å². The molecule has 0 aromatic heterocycles. The number of fused-ring (bicyclic) bond motifs is 3. The lowest BCUT2D eigenvalue weighted by Crippen LogP contribution is -1.98. The molecule has 0 unspecified atom stereocenters. The van der Waals surface area contributed by atoms with Gasteiger partial charge >= 0.3 is 0 Å².